The number of carbonyl (C=O) groups is 1. The molecule has 1 aliphatic rings. The molecule has 25 heavy (non-hydrogen) atoms. The molecule has 3 rings (SSSR count). The Balaban J connectivity index is 1.76. The highest BCUT2D eigenvalue weighted by molar-refractivity contribution is 5.74. The van der Waals surface area contributed by atoms with Crippen molar-refractivity contribution in [3.05, 3.63) is 54.1 Å². The normalized spacial score (nSPS) is 16.8. The van der Waals surface area contributed by atoms with E-state index in [-0.39, 0.29) is 18.0 Å². The largest absolute Gasteiger partial charge is 0.494 e. The van der Waals surface area contributed by atoms with Gasteiger partial charge in [-0.05, 0) is 24.6 Å². The molecule has 1 heterocycles. The van der Waals surface area contributed by atoms with Crippen molar-refractivity contribution in [2.45, 2.75) is 25.9 Å². The first-order valence-electron chi connectivity index (χ1n) is 8.48. The molecule has 0 aromatic heterocycles. The van der Waals surface area contributed by atoms with Gasteiger partial charge in [-0.2, -0.15) is 0 Å². The van der Waals surface area contributed by atoms with E-state index in [0.29, 0.717) is 13.2 Å². The van der Waals surface area contributed by atoms with E-state index in [1.165, 1.54) is 0 Å². The Morgan fingerprint density at radius 2 is 2.04 bits per heavy atom. The number of nitrogens with one attached hydrogen (secondary N) is 1. The lowest BCUT2D eigenvalue weighted by Crippen LogP contribution is -2.45. The van der Waals surface area contributed by atoms with E-state index >= 15 is 0 Å². The van der Waals surface area contributed by atoms with Crippen molar-refractivity contribution in [2.75, 3.05) is 25.6 Å². The average Bonchev–Trinajstić information content (AvgIpc) is 2.65. The standard InChI is InChI=1S/C20H24N2O3/c1-14(16-8-5-4-6-9-16)22(15(2)23)12-17-13-25-19-11-7-10-18(24-3)20(19)21-17/h4-11,14,17,21H,12-13H2,1-3H3/t14-,17?/m1/s1. The summed E-state index contributed by atoms with van der Waals surface area (Å²) in [5.74, 6) is 1.57. The second-order valence-corrected chi connectivity index (χ2v) is 6.24. The summed E-state index contributed by atoms with van der Waals surface area (Å²) in [6, 6.07) is 15.8. The van der Waals surface area contributed by atoms with E-state index in [2.05, 4.69) is 12.2 Å². The summed E-state index contributed by atoms with van der Waals surface area (Å²) in [4.78, 5) is 14.1. The van der Waals surface area contributed by atoms with Gasteiger partial charge >= 0.3 is 0 Å². The molecule has 5 heteroatoms. The molecule has 0 saturated heterocycles. The number of amides is 1. The minimum atomic E-state index is -0.00105. The third-order valence-corrected chi connectivity index (χ3v) is 4.57. The summed E-state index contributed by atoms with van der Waals surface area (Å²) >= 11 is 0. The molecule has 0 bridgehead atoms. The molecule has 1 N–H and O–H groups in total. The van der Waals surface area contributed by atoms with Crippen molar-refractivity contribution in [3.8, 4) is 11.5 Å². The Bertz CT molecular complexity index is 719. The monoisotopic (exact) mass is 340 g/mol. The average molecular weight is 340 g/mol. The van der Waals surface area contributed by atoms with Gasteiger partial charge in [0.05, 0.1) is 19.2 Å². The highest BCUT2D eigenvalue weighted by Gasteiger charge is 2.27. The maximum Gasteiger partial charge on any atom is 0.220 e. The van der Waals surface area contributed by atoms with E-state index in [1.807, 2.05) is 53.4 Å². The van der Waals surface area contributed by atoms with Crippen LogP contribution in [-0.2, 0) is 4.79 Å². The molecule has 1 aliphatic heterocycles. The van der Waals surface area contributed by atoms with Crippen molar-refractivity contribution in [2.24, 2.45) is 0 Å². The number of nitrogens with zero attached hydrogens (tertiary/aromatic N) is 1. The first kappa shape index (κ1) is 17.1. The number of para-hydroxylation sites is 1. The van der Waals surface area contributed by atoms with E-state index in [9.17, 15) is 4.79 Å². The van der Waals surface area contributed by atoms with Crippen molar-refractivity contribution in [1.82, 2.24) is 4.90 Å². The number of carbonyl (C=O) groups excluding carboxylic acids is 1. The van der Waals surface area contributed by atoms with Gasteiger partial charge < -0.3 is 19.7 Å². The molecule has 2 aromatic rings. The minimum absolute atomic E-state index is 0.000402. The number of hydrogen-bond acceptors (Lipinski definition) is 4. The second-order valence-electron chi connectivity index (χ2n) is 6.24. The lowest BCUT2D eigenvalue weighted by molar-refractivity contribution is -0.131. The maximum atomic E-state index is 12.2. The van der Waals surface area contributed by atoms with Gasteiger partial charge in [0, 0.05) is 13.5 Å². The van der Waals surface area contributed by atoms with Crippen LogP contribution in [0, 0.1) is 0 Å². The van der Waals surface area contributed by atoms with Gasteiger partial charge in [-0.25, -0.2) is 0 Å². The number of benzene rings is 2. The number of rotatable bonds is 5. The van der Waals surface area contributed by atoms with Gasteiger partial charge in [0.25, 0.3) is 0 Å². The van der Waals surface area contributed by atoms with Gasteiger partial charge in [-0.3, -0.25) is 4.79 Å². The zero-order chi connectivity index (χ0) is 17.8. The third kappa shape index (κ3) is 3.71. The molecule has 0 fully saturated rings. The number of anilines is 1. The zero-order valence-corrected chi connectivity index (χ0v) is 14.9. The van der Waals surface area contributed by atoms with Gasteiger partial charge in [0.2, 0.25) is 5.91 Å². The number of fused-ring (bicyclic) bond motifs is 1. The lowest BCUT2D eigenvalue weighted by Gasteiger charge is -2.35. The van der Waals surface area contributed by atoms with Crippen LogP contribution in [0.3, 0.4) is 0 Å². The molecule has 2 atom stereocenters. The topological polar surface area (TPSA) is 50.8 Å². The van der Waals surface area contributed by atoms with Crippen molar-refractivity contribution < 1.29 is 14.3 Å². The summed E-state index contributed by atoms with van der Waals surface area (Å²) < 4.78 is 11.3. The molecule has 0 aliphatic carbocycles. The molecule has 2 aromatic carbocycles. The summed E-state index contributed by atoms with van der Waals surface area (Å²) in [5, 5.41) is 3.46. The van der Waals surface area contributed by atoms with E-state index in [4.69, 9.17) is 9.47 Å². The predicted octanol–water partition coefficient (Wildman–Crippen LogP) is 3.48. The van der Waals surface area contributed by atoms with Gasteiger partial charge in [0.1, 0.15) is 23.8 Å². The van der Waals surface area contributed by atoms with Gasteiger partial charge in [-0.15, -0.1) is 0 Å². The number of hydrogen-bond donors (Lipinski definition) is 1. The summed E-state index contributed by atoms with van der Waals surface area (Å²) in [6.45, 7) is 4.72. The van der Waals surface area contributed by atoms with E-state index in [0.717, 1.165) is 22.7 Å². The van der Waals surface area contributed by atoms with Crippen LogP contribution < -0.4 is 14.8 Å². The second kappa shape index (κ2) is 7.47. The first-order chi connectivity index (χ1) is 12.1. The van der Waals surface area contributed by atoms with Crippen LogP contribution in [0.4, 0.5) is 5.69 Å². The molecule has 5 nitrogen and oxygen atoms in total. The molecular weight excluding hydrogens is 316 g/mol. The lowest BCUT2D eigenvalue weighted by atomic mass is 10.1. The smallest absolute Gasteiger partial charge is 0.220 e. The van der Waals surface area contributed by atoms with Gasteiger partial charge in [0.15, 0.2) is 0 Å². The Labute approximate surface area is 148 Å². The van der Waals surface area contributed by atoms with Crippen LogP contribution in [0.15, 0.2) is 48.5 Å². The fourth-order valence-electron chi connectivity index (χ4n) is 3.19. The van der Waals surface area contributed by atoms with Crippen LogP contribution in [0.25, 0.3) is 0 Å². The van der Waals surface area contributed by atoms with E-state index < -0.39 is 0 Å². The van der Waals surface area contributed by atoms with Crippen LogP contribution in [0.2, 0.25) is 0 Å². The maximum absolute atomic E-state index is 12.2. The zero-order valence-electron chi connectivity index (χ0n) is 14.9. The molecule has 1 unspecified atom stereocenters. The Morgan fingerprint density at radius 1 is 1.28 bits per heavy atom. The molecular formula is C20H24N2O3. The number of ether oxygens (including phenoxy) is 2. The van der Waals surface area contributed by atoms with Crippen molar-refractivity contribution >= 4 is 11.6 Å². The van der Waals surface area contributed by atoms with Crippen molar-refractivity contribution in [3.63, 3.8) is 0 Å². The summed E-state index contributed by atoms with van der Waals surface area (Å²) in [6.07, 6.45) is 0. The molecule has 0 radical (unpaired) electrons. The summed E-state index contributed by atoms with van der Waals surface area (Å²) in [5.41, 5.74) is 1.96. The fraction of sp³-hybridized carbons (Fsp3) is 0.350. The highest BCUT2D eigenvalue weighted by Crippen LogP contribution is 2.37. The Morgan fingerprint density at radius 3 is 2.72 bits per heavy atom. The quantitative estimate of drug-likeness (QED) is 0.905. The van der Waals surface area contributed by atoms with Crippen molar-refractivity contribution in [1.29, 1.82) is 0 Å². The first-order valence-corrected chi connectivity index (χ1v) is 8.48. The molecule has 132 valence electrons. The summed E-state index contributed by atoms with van der Waals surface area (Å²) in [7, 11) is 1.64. The van der Waals surface area contributed by atoms with Gasteiger partial charge in [-0.1, -0.05) is 36.4 Å². The highest BCUT2D eigenvalue weighted by atomic mass is 16.5. The molecule has 0 saturated carbocycles. The van der Waals surface area contributed by atoms with Crippen LogP contribution in [-0.4, -0.2) is 37.1 Å². The minimum Gasteiger partial charge on any atom is -0.494 e. The van der Waals surface area contributed by atoms with Crippen LogP contribution >= 0.6 is 0 Å². The predicted molar refractivity (Wildman–Crippen MR) is 98.1 cm³/mol. The SMILES string of the molecule is COc1cccc2c1NC(CN(C(C)=O)[C@H](C)c1ccccc1)CO2. The third-order valence-electron chi connectivity index (χ3n) is 4.57. The number of methoxy groups -OCH3 is 1. The fourth-order valence-corrected chi connectivity index (χ4v) is 3.19. The van der Waals surface area contributed by atoms with Crippen LogP contribution in [0.5, 0.6) is 11.5 Å². The van der Waals surface area contributed by atoms with E-state index in [1.54, 1.807) is 14.0 Å². The Hall–Kier alpha value is -2.69. The Kier molecular flexibility index (Phi) is 5.12. The van der Waals surface area contributed by atoms with Crippen LogP contribution in [0.1, 0.15) is 25.5 Å². The molecule has 0 spiro atoms. The molecule has 1 amide bonds.